The quantitative estimate of drug-likeness (QED) is 0.865. The Labute approximate surface area is 115 Å². The average Bonchev–Trinajstić information content (AvgIpc) is 2.41. The highest BCUT2D eigenvalue weighted by molar-refractivity contribution is 6.31. The largest absolute Gasteiger partial charge is 0.385 e. The van der Waals surface area contributed by atoms with Gasteiger partial charge >= 0.3 is 0 Å². The van der Waals surface area contributed by atoms with Crippen molar-refractivity contribution in [2.24, 2.45) is 5.92 Å². The Morgan fingerprint density at radius 2 is 1.94 bits per heavy atom. The Hall–Kier alpha value is -0.730. The lowest BCUT2D eigenvalue weighted by Gasteiger charge is -2.28. The van der Waals surface area contributed by atoms with Crippen LogP contribution in [0.1, 0.15) is 31.2 Å². The number of hydrogen-bond acceptors (Lipinski definition) is 2. The molecule has 2 nitrogen and oxygen atoms in total. The number of nitrogens with one attached hydrogen (secondary N) is 2. The second-order valence-corrected chi connectivity index (χ2v) is 5.71. The van der Waals surface area contributed by atoms with E-state index in [4.69, 9.17) is 11.6 Å². The van der Waals surface area contributed by atoms with Crippen molar-refractivity contribution in [3.63, 3.8) is 0 Å². The van der Waals surface area contributed by atoms with Gasteiger partial charge in [-0.15, -0.1) is 0 Å². The van der Waals surface area contributed by atoms with Gasteiger partial charge in [-0.05, 0) is 63.3 Å². The molecule has 0 amide bonds. The normalized spacial score (nSPS) is 23.9. The van der Waals surface area contributed by atoms with E-state index in [1.165, 1.54) is 31.4 Å². The Bertz CT molecular complexity index is 384. The predicted molar refractivity (Wildman–Crippen MR) is 79.5 cm³/mol. The van der Waals surface area contributed by atoms with Crippen LogP contribution in [0, 0.1) is 12.8 Å². The highest BCUT2D eigenvalue weighted by atomic mass is 35.5. The molecule has 1 aliphatic carbocycles. The summed E-state index contributed by atoms with van der Waals surface area (Å²) < 4.78 is 0. The zero-order valence-corrected chi connectivity index (χ0v) is 12.1. The Morgan fingerprint density at radius 3 is 2.61 bits per heavy atom. The maximum absolute atomic E-state index is 6.12. The maximum Gasteiger partial charge on any atom is 0.0455 e. The fraction of sp³-hybridized carbons (Fsp3) is 0.600. The van der Waals surface area contributed by atoms with Gasteiger partial charge in [-0.3, -0.25) is 0 Å². The molecular formula is C15H23ClN2. The van der Waals surface area contributed by atoms with Crippen molar-refractivity contribution in [3.05, 3.63) is 28.8 Å². The summed E-state index contributed by atoms with van der Waals surface area (Å²) in [7, 11) is 2.07. The van der Waals surface area contributed by atoms with Crippen molar-refractivity contribution in [1.29, 1.82) is 0 Å². The lowest BCUT2D eigenvalue weighted by Crippen LogP contribution is -2.32. The molecule has 100 valence electrons. The summed E-state index contributed by atoms with van der Waals surface area (Å²) in [5.41, 5.74) is 2.33. The van der Waals surface area contributed by atoms with E-state index >= 15 is 0 Å². The van der Waals surface area contributed by atoms with Crippen LogP contribution in [-0.4, -0.2) is 19.6 Å². The van der Waals surface area contributed by atoms with Gasteiger partial charge in [-0.1, -0.05) is 17.7 Å². The first kappa shape index (κ1) is 13.7. The van der Waals surface area contributed by atoms with E-state index in [1.54, 1.807) is 0 Å². The van der Waals surface area contributed by atoms with E-state index < -0.39 is 0 Å². The molecule has 0 spiro atoms. The van der Waals surface area contributed by atoms with E-state index in [0.29, 0.717) is 0 Å². The summed E-state index contributed by atoms with van der Waals surface area (Å²) in [6.45, 7) is 3.14. The van der Waals surface area contributed by atoms with Crippen LogP contribution < -0.4 is 10.6 Å². The molecule has 0 aliphatic heterocycles. The highest BCUT2D eigenvalue weighted by Gasteiger charge is 2.19. The van der Waals surface area contributed by atoms with Gasteiger partial charge < -0.3 is 10.6 Å². The van der Waals surface area contributed by atoms with E-state index in [-0.39, 0.29) is 0 Å². The second kappa shape index (κ2) is 6.44. The van der Waals surface area contributed by atoms with Crippen LogP contribution >= 0.6 is 11.6 Å². The van der Waals surface area contributed by atoms with Gasteiger partial charge in [0.05, 0.1) is 0 Å². The molecule has 1 aromatic rings. The molecule has 3 heteroatoms. The minimum atomic E-state index is 0.731. The van der Waals surface area contributed by atoms with Crippen LogP contribution in [0.15, 0.2) is 18.2 Å². The van der Waals surface area contributed by atoms with Crippen LogP contribution in [0.5, 0.6) is 0 Å². The molecule has 0 bridgehead atoms. The molecule has 1 aromatic carbocycles. The zero-order valence-electron chi connectivity index (χ0n) is 11.3. The van der Waals surface area contributed by atoms with Crippen LogP contribution in [-0.2, 0) is 0 Å². The van der Waals surface area contributed by atoms with Gasteiger partial charge in [0.1, 0.15) is 0 Å². The van der Waals surface area contributed by atoms with Crippen LogP contribution in [0.25, 0.3) is 0 Å². The first-order valence-electron chi connectivity index (χ1n) is 6.87. The number of hydrogen-bond donors (Lipinski definition) is 2. The average molecular weight is 267 g/mol. The van der Waals surface area contributed by atoms with Gasteiger partial charge in [-0.2, -0.15) is 0 Å². The van der Waals surface area contributed by atoms with Gasteiger partial charge in [0, 0.05) is 23.3 Å². The van der Waals surface area contributed by atoms with Crippen LogP contribution in [0.4, 0.5) is 5.69 Å². The summed E-state index contributed by atoms with van der Waals surface area (Å²) in [6, 6.07) is 6.80. The fourth-order valence-electron chi connectivity index (χ4n) is 2.71. The van der Waals surface area contributed by atoms with Crippen molar-refractivity contribution in [3.8, 4) is 0 Å². The van der Waals surface area contributed by atoms with Crippen molar-refractivity contribution in [1.82, 2.24) is 5.32 Å². The molecule has 1 fully saturated rings. The molecule has 0 heterocycles. The van der Waals surface area contributed by atoms with Crippen molar-refractivity contribution < 1.29 is 0 Å². The summed E-state index contributed by atoms with van der Waals surface area (Å²) in [5.74, 6) is 0.799. The Kier molecular flexibility index (Phi) is 4.90. The summed E-state index contributed by atoms with van der Waals surface area (Å²) in [4.78, 5) is 0. The topological polar surface area (TPSA) is 24.1 Å². The maximum atomic E-state index is 6.12. The van der Waals surface area contributed by atoms with E-state index in [1.807, 2.05) is 12.1 Å². The van der Waals surface area contributed by atoms with Gasteiger partial charge in [0.25, 0.3) is 0 Å². The van der Waals surface area contributed by atoms with E-state index in [2.05, 4.69) is 30.7 Å². The predicted octanol–water partition coefficient (Wildman–Crippen LogP) is 3.84. The van der Waals surface area contributed by atoms with Crippen LogP contribution in [0.3, 0.4) is 0 Å². The monoisotopic (exact) mass is 266 g/mol. The highest BCUT2D eigenvalue weighted by Crippen LogP contribution is 2.27. The summed E-state index contributed by atoms with van der Waals surface area (Å²) in [6.07, 6.45) is 5.24. The smallest absolute Gasteiger partial charge is 0.0455 e. The Balaban J connectivity index is 1.83. The second-order valence-electron chi connectivity index (χ2n) is 5.30. The van der Waals surface area contributed by atoms with Crippen LogP contribution in [0.2, 0.25) is 5.02 Å². The minimum Gasteiger partial charge on any atom is -0.385 e. The molecule has 1 aliphatic rings. The van der Waals surface area contributed by atoms with Gasteiger partial charge in [0.2, 0.25) is 0 Å². The third-order valence-corrected chi connectivity index (χ3v) is 4.51. The molecule has 2 rings (SSSR count). The van der Waals surface area contributed by atoms with Crippen molar-refractivity contribution in [2.75, 3.05) is 18.9 Å². The molecule has 0 unspecified atom stereocenters. The number of anilines is 1. The SMILES string of the molecule is CNC1CCC(CNc2cccc(Cl)c2C)CC1. The molecule has 0 atom stereocenters. The molecule has 1 saturated carbocycles. The standard InChI is InChI=1S/C15H23ClN2/c1-11-14(16)4-3-5-15(11)18-10-12-6-8-13(17-2)9-7-12/h3-5,12-13,17-18H,6-10H2,1-2H3. The zero-order chi connectivity index (χ0) is 13.0. The van der Waals surface area contributed by atoms with E-state index in [9.17, 15) is 0 Å². The lowest BCUT2D eigenvalue weighted by atomic mass is 9.86. The van der Waals surface area contributed by atoms with E-state index in [0.717, 1.165) is 29.1 Å². The number of rotatable bonds is 4. The molecular weight excluding hydrogens is 244 g/mol. The van der Waals surface area contributed by atoms with Gasteiger partial charge in [-0.25, -0.2) is 0 Å². The third kappa shape index (κ3) is 3.39. The number of halogens is 1. The molecule has 0 saturated heterocycles. The van der Waals surface area contributed by atoms with Crippen molar-refractivity contribution >= 4 is 17.3 Å². The van der Waals surface area contributed by atoms with Gasteiger partial charge in [0.15, 0.2) is 0 Å². The first-order chi connectivity index (χ1) is 8.70. The minimum absolute atomic E-state index is 0.731. The molecule has 0 radical (unpaired) electrons. The first-order valence-corrected chi connectivity index (χ1v) is 7.24. The van der Waals surface area contributed by atoms with Crippen molar-refractivity contribution in [2.45, 2.75) is 38.6 Å². The molecule has 18 heavy (non-hydrogen) atoms. The number of benzene rings is 1. The summed E-state index contributed by atoms with van der Waals surface area (Å²) >= 11 is 6.12. The fourth-order valence-corrected chi connectivity index (χ4v) is 2.88. The summed E-state index contributed by atoms with van der Waals surface area (Å²) in [5, 5.41) is 7.77. The third-order valence-electron chi connectivity index (χ3n) is 4.10. The Morgan fingerprint density at radius 1 is 1.22 bits per heavy atom. The molecule has 2 N–H and O–H groups in total. The molecule has 0 aromatic heterocycles. The lowest BCUT2D eigenvalue weighted by molar-refractivity contribution is 0.312.